The fraction of sp³-hybridized carbons (Fsp3) is 0.421. The van der Waals surface area contributed by atoms with Crippen LogP contribution in [0, 0.1) is 6.92 Å². The summed E-state index contributed by atoms with van der Waals surface area (Å²) in [5.41, 5.74) is 3.51. The van der Waals surface area contributed by atoms with Gasteiger partial charge in [-0.1, -0.05) is 18.2 Å². The van der Waals surface area contributed by atoms with Crippen LogP contribution < -0.4 is 10.6 Å². The van der Waals surface area contributed by atoms with Crippen LogP contribution in [0.3, 0.4) is 0 Å². The van der Waals surface area contributed by atoms with Crippen molar-refractivity contribution in [1.82, 2.24) is 20.5 Å². The first-order chi connectivity index (χ1) is 12.5. The Kier molecular flexibility index (Phi) is 5.25. The molecule has 1 aliphatic rings. The average Bonchev–Trinajstić information content (AvgIpc) is 3.14. The van der Waals surface area contributed by atoms with Gasteiger partial charge in [0.25, 0.3) is 0 Å². The van der Waals surface area contributed by atoms with Gasteiger partial charge in [0, 0.05) is 36.1 Å². The van der Waals surface area contributed by atoms with E-state index in [1.807, 2.05) is 19.2 Å². The van der Waals surface area contributed by atoms with Gasteiger partial charge in [0.05, 0.1) is 6.54 Å². The van der Waals surface area contributed by atoms with Gasteiger partial charge in [-0.3, -0.25) is 14.5 Å². The number of aromatic amines is 1. The maximum Gasteiger partial charge on any atom is 0.324 e. The minimum atomic E-state index is -0.376. The highest BCUT2D eigenvalue weighted by Gasteiger charge is 2.27. The van der Waals surface area contributed by atoms with Gasteiger partial charge in [0.15, 0.2) is 0 Å². The molecule has 26 heavy (non-hydrogen) atoms. The number of H-pyrrole nitrogens is 1. The van der Waals surface area contributed by atoms with Crippen LogP contribution in [-0.2, 0) is 16.0 Å². The molecular weight excluding hydrogens is 332 g/mol. The molecule has 0 bridgehead atoms. The molecule has 2 aromatic rings. The second kappa shape index (κ2) is 7.59. The molecule has 1 aromatic heterocycles. The first kappa shape index (κ1) is 18.0. The summed E-state index contributed by atoms with van der Waals surface area (Å²) >= 11 is 0. The van der Waals surface area contributed by atoms with E-state index in [2.05, 4.69) is 34.7 Å². The number of rotatable bonds is 7. The van der Waals surface area contributed by atoms with E-state index in [0.717, 1.165) is 16.8 Å². The SMILES string of the molecule is Cc1cccc2c(C[C@H](C)NC(=O)CCCN3C(=O)CNC3=O)c[nH]c12. The van der Waals surface area contributed by atoms with Crippen LogP contribution in [0.5, 0.6) is 0 Å². The largest absolute Gasteiger partial charge is 0.361 e. The minimum absolute atomic E-state index is 0.00118. The Bertz CT molecular complexity index is 826. The number of fused-ring (bicyclic) bond motifs is 1. The van der Waals surface area contributed by atoms with Crippen molar-refractivity contribution < 1.29 is 14.4 Å². The van der Waals surface area contributed by atoms with Gasteiger partial charge < -0.3 is 15.6 Å². The van der Waals surface area contributed by atoms with Crippen LogP contribution in [0.25, 0.3) is 10.9 Å². The first-order valence-corrected chi connectivity index (χ1v) is 8.89. The Morgan fingerprint density at radius 1 is 1.35 bits per heavy atom. The van der Waals surface area contributed by atoms with E-state index in [9.17, 15) is 14.4 Å². The molecule has 3 N–H and O–H groups in total. The van der Waals surface area contributed by atoms with Gasteiger partial charge >= 0.3 is 6.03 Å². The van der Waals surface area contributed by atoms with Crippen molar-refractivity contribution in [3.05, 3.63) is 35.5 Å². The molecule has 138 valence electrons. The molecule has 1 aromatic carbocycles. The van der Waals surface area contributed by atoms with E-state index in [4.69, 9.17) is 0 Å². The van der Waals surface area contributed by atoms with E-state index < -0.39 is 0 Å². The van der Waals surface area contributed by atoms with E-state index in [0.29, 0.717) is 6.42 Å². The number of para-hydroxylation sites is 1. The third-order valence-electron chi connectivity index (χ3n) is 4.67. The monoisotopic (exact) mass is 356 g/mol. The summed E-state index contributed by atoms with van der Waals surface area (Å²) in [7, 11) is 0. The number of carbonyl (C=O) groups is 3. The maximum atomic E-state index is 12.1. The number of benzene rings is 1. The summed E-state index contributed by atoms with van der Waals surface area (Å²) in [6.07, 6.45) is 3.48. The lowest BCUT2D eigenvalue weighted by molar-refractivity contribution is -0.126. The molecule has 2 heterocycles. The smallest absolute Gasteiger partial charge is 0.324 e. The van der Waals surface area contributed by atoms with Crippen molar-refractivity contribution in [2.24, 2.45) is 0 Å². The zero-order valence-corrected chi connectivity index (χ0v) is 15.1. The van der Waals surface area contributed by atoms with Gasteiger partial charge in [-0.2, -0.15) is 0 Å². The molecule has 0 spiro atoms. The fourth-order valence-corrected chi connectivity index (χ4v) is 3.34. The molecule has 0 saturated carbocycles. The van der Waals surface area contributed by atoms with Crippen molar-refractivity contribution in [2.75, 3.05) is 13.1 Å². The molecule has 0 unspecified atom stereocenters. The van der Waals surface area contributed by atoms with Gasteiger partial charge in [0.1, 0.15) is 0 Å². The van der Waals surface area contributed by atoms with Crippen LogP contribution in [0.2, 0.25) is 0 Å². The van der Waals surface area contributed by atoms with Crippen LogP contribution in [-0.4, -0.2) is 46.9 Å². The highest BCUT2D eigenvalue weighted by Crippen LogP contribution is 2.22. The summed E-state index contributed by atoms with van der Waals surface area (Å²) in [4.78, 5) is 39.5. The van der Waals surface area contributed by atoms with Crippen molar-refractivity contribution in [3.8, 4) is 0 Å². The molecule has 1 atom stereocenters. The minimum Gasteiger partial charge on any atom is -0.361 e. The molecule has 4 amide bonds. The average molecular weight is 356 g/mol. The molecule has 3 rings (SSSR count). The number of hydrogen-bond acceptors (Lipinski definition) is 3. The zero-order chi connectivity index (χ0) is 18.7. The third-order valence-corrected chi connectivity index (χ3v) is 4.67. The normalized spacial score (nSPS) is 15.4. The van der Waals surface area contributed by atoms with E-state index >= 15 is 0 Å². The van der Waals surface area contributed by atoms with Crippen LogP contribution >= 0.6 is 0 Å². The molecular formula is C19H24N4O3. The number of urea groups is 1. The molecule has 7 nitrogen and oxygen atoms in total. The first-order valence-electron chi connectivity index (χ1n) is 8.89. The third kappa shape index (κ3) is 3.87. The molecule has 0 radical (unpaired) electrons. The molecule has 0 aliphatic carbocycles. The quantitative estimate of drug-likeness (QED) is 0.661. The van der Waals surface area contributed by atoms with Crippen molar-refractivity contribution in [1.29, 1.82) is 0 Å². The summed E-state index contributed by atoms with van der Waals surface area (Å²) in [6.45, 7) is 4.36. The maximum absolute atomic E-state index is 12.1. The summed E-state index contributed by atoms with van der Waals surface area (Å²) in [5, 5.41) is 6.64. The zero-order valence-electron chi connectivity index (χ0n) is 15.1. The number of carbonyl (C=O) groups excluding carboxylic acids is 3. The molecule has 7 heteroatoms. The van der Waals surface area contributed by atoms with Gasteiger partial charge in [-0.15, -0.1) is 0 Å². The number of nitrogens with zero attached hydrogens (tertiary/aromatic N) is 1. The van der Waals surface area contributed by atoms with Crippen LogP contribution in [0.15, 0.2) is 24.4 Å². The Balaban J connectivity index is 1.47. The van der Waals surface area contributed by atoms with Gasteiger partial charge in [-0.25, -0.2) is 4.79 Å². The number of aryl methyl sites for hydroxylation is 1. The van der Waals surface area contributed by atoms with E-state index in [1.54, 1.807) is 0 Å². The second-order valence-electron chi connectivity index (χ2n) is 6.79. The van der Waals surface area contributed by atoms with E-state index in [1.165, 1.54) is 16.5 Å². The standard InChI is InChI=1S/C19H24N4O3/c1-12-5-3-6-15-14(10-20-18(12)15)9-13(2)22-16(24)7-4-8-23-17(25)11-21-19(23)26/h3,5-6,10,13,20H,4,7-9,11H2,1-2H3,(H,21,26)(H,22,24)/t13-/m0/s1. The fourth-order valence-electron chi connectivity index (χ4n) is 3.34. The Morgan fingerprint density at radius 2 is 2.15 bits per heavy atom. The molecule has 1 aliphatic heterocycles. The van der Waals surface area contributed by atoms with Crippen molar-refractivity contribution in [3.63, 3.8) is 0 Å². The van der Waals surface area contributed by atoms with E-state index in [-0.39, 0.29) is 43.4 Å². The number of imide groups is 1. The topological polar surface area (TPSA) is 94.3 Å². The lowest BCUT2D eigenvalue weighted by atomic mass is 10.0. The van der Waals surface area contributed by atoms with Gasteiger partial charge in [0.2, 0.25) is 11.8 Å². The number of amides is 4. The molecule has 1 saturated heterocycles. The van der Waals surface area contributed by atoms with Crippen LogP contribution in [0.1, 0.15) is 30.9 Å². The molecule has 1 fully saturated rings. The Labute approximate surface area is 152 Å². The summed E-state index contributed by atoms with van der Waals surface area (Å²) in [5.74, 6) is -0.306. The van der Waals surface area contributed by atoms with Crippen LogP contribution in [0.4, 0.5) is 4.79 Å². The van der Waals surface area contributed by atoms with Crippen molar-refractivity contribution >= 4 is 28.7 Å². The Morgan fingerprint density at radius 3 is 2.88 bits per heavy atom. The predicted molar refractivity (Wildman–Crippen MR) is 98.7 cm³/mol. The highest BCUT2D eigenvalue weighted by molar-refractivity contribution is 6.01. The van der Waals surface area contributed by atoms with Crippen molar-refractivity contribution in [2.45, 2.75) is 39.2 Å². The lowest BCUT2D eigenvalue weighted by Gasteiger charge is -2.15. The lowest BCUT2D eigenvalue weighted by Crippen LogP contribution is -2.35. The van der Waals surface area contributed by atoms with Gasteiger partial charge in [-0.05, 0) is 37.8 Å². The second-order valence-corrected chi connectivity index (χ2v) is 6.79. The number of aromatic nitrogens is 1. The summed E-state index contributed by atoms with van der Waals surface area (Å²) < 4.78 is 0. The number of hydrogen-bond donors (Lipinski definition) is 3. The predicted octanol–water partition coefficient (Wildman–Crippen LogP) is 1.86. The summed E-state index contributed by atoms with van der Waals surface area (Å²) in [6, 6.07) is 5.81. The number of nitrogens with one attached hydrogen (secondary N) is 3. The Hall–Kier alpha value is -2.83. The highest BCUT2D eigenvalue weighted by atomic mass is 16.2.